The van der Waals surface area contributed by atoms with E-state index in [0.29, 0.717) is 11.6 Å². The average molecular weight is 352 g/mol. The number of fused-ring (bicyclic) bond motifs is 1. The van der Waals surface area contributed by atoms with Crippen LogP contribution < -0.4 is 0 Å². The van der Waals surface area contributed by atoms with Crippen LogP contribution in [0.3, 0.4) is 0 Å². The van der Waals surface area contributed by atoms with E-state index in [0.717, 1.165) is 32.6 Å². The number of halogens is 2. The number of rotatable bonds is 2. The zero-order chi connectivity index (χ0) is 14.3. The maximum Gasteiger partial charge on any atom is 0.181 e. The van der Waals surface area contributed by atoms with Crippen LogP contribution in [0.15, 0.2) is 28.7 Å². The molecular formula is C14H12BrClN4. The van der Waals surface area contributed by atoms with Gasteiger partial charge >= 0.3 is 0 Å². The molecule has 0 spiro atoms. The van der Waals surface area contributed by atoms with Gasteiger partial charge in [-0.25, -0.2) is 0 Å². The maximum absolute atomic E-state index is 6.16. The van der Waals surface area contributed by atoms with E-state index in [1.54, 1.807) is 4.52 Å². The van der Waals surface area contributed by atoms with Gasteiger partial charge in [0.2, 0.25) is 0 Å². The van der Waals surface area contributed by atoms with E-state index >= 15 is 0 Å². The molecule has 6 heteroatoms. The molecule has 0 atom stereocenters. The minimum absolute atomic E-state index is 0.491. The number of hydrogen-bond donors (Lipinski definition) is 0. The minimum atomic E-state index is 0.491. The van der Waals surface area contributed by atoms with Crippen molar-refractivity contribution in [1.82, 2.24) is 19.8 Å². The third kappa shape index (κ3) is 2.31. The van der Waals surface area contributed by atoms with Crippen LogP contribution in [0.5, 0.6) is 0 Å². The standard InChI is InChI=1S/C14H12BrClN4/c1-8-9(2)14-18-17-12(20(14)19-13(8)16)7-10-4-3-5-11(15)6-10/h3-6H,7H2,1-2H3. The summed E-state index contributed by atoms with van der Waals surface area (Å²) in [6.45, 7) is 3.92. The summed E-state index contributed by atoms with van der Waals surface area (Å²) in [7, 11) is 0. The number of aryl methyl sites for hydroxylation is 1. The molecule has 3 aromatic rings. The molecule has 0 aliphatic carbocycles. The van der Waals surface area contributed by atoms with E-state index in [4.69, 9.17) is 11.6 Å². The lowest BCUT2D eigenvalue weighted by molar-refractivity contribution is 0.831. The first-order chi connectivity index (χ1) is 9.56. The van der Waals surface area contributed by atoms with Crippen molar-refractivity contribution < 1.29 is 0 Å². The van der Waals surface area contributed by atoms with Crippen molar-refractivity contribution in [3.05, 3.63) is 56.4 Å². The van der Waals surface area contributed by atoms with Gasteiger partial charge < -0.3 is 0 Å². The van der Waals surface area contributed by atoms with Crippen molar-refractivity contribution >= 4 is 33.2 Å². The summed E-state index contributed by atoms with van der Waals surface area (Å²) in [6.07, 6.45) is 0.659. The van der Waals surface area contributed by atoms with E-state index in [1.165, 1.54) is 0 Å². The monoisotopic (exact) mass is 350 g/mol. The summed E-state index contributed by atoms with van der Waals surface area (Å²) in [5.74, 6) is 0.781. The van der Waals surface area contributed by atoms with Crippen molar-refractivity contribution in [1.29, 1.82) is 0 Å². The SMILES string of the molecule is Cc1c(Cl)nn2c(Cc3cccc(Br)c3)nnc2c1C. The van der Waals surface area contributed by atoms with Crippen LogP contribution in [-0.4, -0.2) is 19.8 Å². The predicted octanol–water partition coefficient (Wildman–Crippen LogP) is 3.75. The minimum Gasteiger partial charge on any atom is -0.195 e. The lowest BCUT2D eigenvalue weighted by Gasteiger charge is -2.05. The fourth-order valence-electron chi connectivity index (χ4n) is 2.08. The Labute approximate surface area is 129 Å². The van der Waals surface area contributed by atoms with Crippen molar-refractivity contribution in [2.24, 2.45) is 0 Å². The number of benzene rings is 1. The first-order valence-corrected chi connectivity index (χ1v) is 7.35. The van der Waals surface area contributed by atoms with Gasteiger partial charge in [-0.05, 0) is 37.1 Å². The van der Waals surface area contributed by atoms with Crippen LogP contribution in [0.25, 0.3) is 5.65 Å². The Morgan fingerprint density at radius 3 is 2.75 bits per heavy atom. The molecule has 0 saturated heterocycles. The van der Waals surface area contributed by atoms with Gasteiger partial charge in [0, 0.05) is 16.5 Å². The van der Waals surface area contributed by atoms with Gasteiger partial charge in [0.15, 0.2) is 16.6 Å². The largest absolute Gasteiger partial charge is 0.195 e. The molecule has 0 fully saturated rings. The van der Waals surface area contributed by atoms with E-state index in [-0.39, 0.29) is 0 Å². The maximum atomic E-state index is 6.16. The molecule has 0 radical (unpaired) electrons. The third-order valence-electron chi connectivity index (χ3n) is 3.35. The molecule has 0 unspecified atom stereocenters. The van der Waals surface area contributed by atoms with Crippen molar-refractivity contribution in [3.63, 3.8) is 0 Å². The molecule has 0 aliphatic rings. The molecule has 0 amide bonds. The summed E-state index contributed by atoms with van der Waals surface area (Å²) in [4.78, 5) is 0. The Kier molecular flexibility index (Phi) is 3.48. The highest BCUT2D eigenvalue weighted by molar-refractivity contribution is 9.10. The first kappa shape index (κ1) is 13.5. The zero-order valence-corrected chi connectivity index (χ0v) is 13.4. The van der Waals surface area contributed by atoms with Gasteiger partial charge in [-0.1, -0.05) is 39.7 Å². The van der Waals surface area contributed by atoms with Crippen LogP contribution in [-0.2, 0) is 6.42 Å². The third-order valence-corrected chi connectivity index (χ3v) is 4.20. The number of nitrogens with zero attached hydrogens (tertiary/aromatic N) is 4. The Hall–Kier alpha value is -1.46. The fourth-order valence-corrected chi connectivity index (χ4v) is 2.74. The molecular weight excluding hydrogens is 340 g/mol. The molecule has 4 nitrogen and oxygen atoms in total. The van der Waals surface area contributed by atoms with Gasteiger partial charge in [-0.2, -0.15) is 9.61 Å². The summed E-state index contributed by atoms with van der Waals surface area (Å²) < 4.78 is 2.77. The molecule has 3 rings (SSSR count). The summed E-state index contributed by atoms with van der Waals surface area (Å²) in [6, 6.07) is 8.10. The molecule has 20 heavy (non-hydrogen) atoms. The topological polar surface area (TPSA) is 43.1 Å². The number of aromatic nitrogens is 4. The Balaban J connectivity index is 2.09. The highest BCUT2D eigenvalue weighted by Crippen LogP contribution is 2.21. The quantitative estimate of drug-likeness (QED) is 0.706. The lowest BCUT2D eigenvalue weighted by Crippen LogP contribution is -2.03. The highest BCUT2D eigenvalue weighted by atomic mass is 79.9. The van der Waals surface area contributed by atoms with Crippen molar-refractivity contribution in [2.75, 3.05) is 0 Å². The van der Waals surface area contributed by atoms with Gasteiger partial charge in [-0.15, -0.1) is 10.2 Å². The van der Waals surface area contributed by atoms with Gasteiger partial charge in [0.1, 0.15) is 0 Å². The molecule has 2 aromatic heterocycles. The Morgan fingerprint density at radius 1 is 1.20 bits per heavy atom. The van der Waals surface area contributed by atoms with Crippen molar-refractivity contribution in [3.8, 4) is 0 Å². The molecule has 102 valence electrons. The second-order valence-corrected chi connectivity index (χ2v) is 5.97. The normalized spacial score (nSPS) is 11.2. The Morgan fingerprint density at radius 2 is 2.00 bits per heavy atom. The van der Waals surface area contributed by atoms with Gasteiger partial charge in [0.25, 0.3) is 0 Å². The van der Waals surface area contributed by atoms with Crippen LogP contribution in [0, 0.1) is 13.8 Å². The van der Waals surface area contributed by atoms with E-state index in [1.807, 2.05) is 26.0 Å². The predicted molar refractivity (Wildman–Crippen MR) is 82.2 cm³/mol. The smallest absolute Gasteiger partial charge is 0.181 e. The van der Waals surface area contributed by atoms with E-state index in [2.05, 4.69) is 43.4 Å². The number of hydrogen-bond acceptors (Lipinski definition) is 3. The van der Waals surface area contributed by atoms with Crippen LogP contribution in [0.2, 0.25) is 5.15 Å². The molecule has 2 heterocycles. The second-order valence-electron chi connectivity index (χ2n) is 4.70. The van der Waals surface area contributed by atoms with Crippen LogP contribution >= 0.6 is 27.5 Å². The van der Waals surface area contributed by atoms with Gasteiger partial charge in [0.05, 0.1) is 0 Å². The molecule has 1 aromatic carbocycles. The summed E-state index contributed by atoms with van der Waals surface area (Å²) >= 11 is 9.62. The highest BCUT2D eigenvalue weighted by Gasteiger charge is 2.13. The van der Waals surface area contributed by atoms with E-state index in [9.17, 15) is 0 Å². The summed E-state index contributed by atoms with van der Waals surface area (Å²) in [5.41, 5.74) is 3.86. The van der Waals surface area contributed by atoms with E-state index < -0.39 is 0 Å². The average Bonchev–Trinajstić information content (AvgIpc) is 2.79. The fraction of sp³-hybridized carbons (Fsp3) is 0.214. The van der Waals surface area contributed by atoms with Crippen LogP contribution in [0.4, 0.5) is 0 Å². The molecule has 0 bridgehead atoms. The molecule has 0 aliphatic heterocycles. The Bertz CT molecular complexity index is 797. The van der Waals surface area contributed by atoms with Gasteiger partial charge in [-0.3, -0.25) is 0 Å². The van der Waals surface area contributed by atoms with Crippen molar-refractivity contribution in [2.45, 2.75) is 20.3 Å². The zero-order valence-electron chi connectivity index (χ0n) is 11.1. The summed E-state index contributed by atoms with van der Waals surface area (Å²) in [5, 5.41) is 13.3. The second kappa shape index (κ2) is 5.14. The van der Waals surface area contributed by atoms with Crippen LogP contribution in [0.1, 0.15) is 22.5 Å². The molecule has 0 N–H and O–H groups in total. The first-order valence-electron chi connectivity index (χ1n) is 6.17. The molecule has 0 saturated carbocycles. The lowest BCUT2D eigenvalue weighted by atomic mass is 10.1.